The summed E-state index contributed by atoms with van der Waals surface area (Å²) in [4.78, 5) is 4.31. The second kappa shape index (κ2) is 7.04. The molecule has 1 heterocycles. The molecule has 0 saturated heterocycles. The molecule has 1 aromatic heterocycles. The molecule has 1 N–H and O–H groups in total. The van der Waals surface area contributed by atoms with Gasteiger partial charge in [0.25, 0.3) is 0 Å². The van der Waals surface area contributed by atoms with Gasteiger partial charge < -0.3 is 5.32 Å². The van der Waals surface area contributed by atoms with Crippen LogP contribution in [0, 0.1) is 5.92 Å². The Bertz CT molecular complexity index is 476. The molecule has 19 heavy (non-hydrogen) atoms. The van der Waals surface area contributed by atoms with Gasteiger partial charge in [0.05, 0.1) is 6.54 Å². The molecule has 0 aliphatic carbocycles. The molecular weight excluding hydrogens is 236 g/mol. The summed E-state index contributed by atoms with van der Waals surface area (Å²) in [5.41, 5.74) is 1.33. The number of benzene rings is 1. The fourth-order valence-electron chi connectivity index (χ4n) is 1.88. The van der Waals surface area contributed by atoms with Gasteiger partial charge in [0.2, 0.25) is 0 Å². The third kappa shape index (κ3) is 4.83. The minimum atomic E-state index is 0.653. The van der Waals surface area contributed by atoms with Crippen molar-refractivity contribution in [3.63, 3.8) is 0 Å². The van der Waals surface area contributed by atoms with Crippen molar-refractivity contribution in [2.75, 3.05) is 6.54 Å². The molecule has 0 aliphatic heterocycles. The summed E-state index contributed by atoms with van der Waals surface area (Å²) in [6, 6.07) is 10.5. The summed E-state index contributed by atoms with van der Waals surface area (Å²) in [7, 11) is 0. The third-order valence-corrected chi connectivity index (χ3v) is 2.89. The Morgan fingerprint density at radius 1 is 1.21 bits per heavy atom. The largest absolute Gasteiger partial charge is 0.310 e. The fraction of sp³-hybridized carbons (Fsp3) is 0.467. The molecular formula is C15H22N4. The van der Waals surface area contributed by atoms with Gasteiger partial charge in [-0.25, -0.2) is 4.98 Å². The molecule has 0 amide bonds. The molecule has 0 radical (unpaired) electrons. The third-order valence-electron chi connectivity index (χ3n) is 2.89. The van der Waals surface area contributed by atoms with Gasteiger partial charge in [-0.1, -0.05) is 44.2 Å². The number of rotatable bonds is 7. The molecule has 0 saturated carbocycles. The number of nitrogens with zero attached hydrogens (tertiary/aromatic N) is 3. The molecule has 0 spiro atoms. The first-order valence-corrected chi connectivity index (χ1v) is 6.87. The highest BCUT2D eigenvalue weighted by Crippen LogP contribution is 2.01. The first kappa shape index (κ1) is 13.7. The monoisotopic (exact) mass is 258 g/mol. The molecule has 0 unspecified atom stereocenters. The Hall–Kier alpha value is -1.68. The van der Waals surface area contributed by atoms with Crippen molar-refractivity contribution in [2.45, 2.75) is 33.4 Å². The Morgan fingerprint density at radius 3 is 2.74 bits per heavy atom. The van der Waals surface area contributed by atoms with E-state index >= 15 is 0 Å². The zero-order valence-corrected chi connectivity index (χ0v) is 11.7. The van der Waals surface area contributed by atoms with Crippen LogP contribution in [0.1, 0.15) is 25.2 Å². The standard InChI is InChI=1S/C15H22N4/c1-13(2)10-16-11-15-17-12-19(18-15)9-8-14-6-4-3-5-7-14/h3-7,12-13,16H,8-11H2,1-2H3. The first-order valence-electron chi connectivity index (χ1n) is 6.87. The molecule has 0 bridgehead atoms. The summed E-state index contributed by atoms with van der Waals surface area (Å²) in [6.07, 6.45) is 2.80. The Morgan fingerprint density at radius 2 is 2.00 bits per heavy atom. The minimum Gasteiger partial charge on any atom is -0.310 e. The van der Waals surface area contributed by atoms with Crippen molar-refractivity contribution in [3.8, 4) is 0 Å². The number of nitrogens with one attached hydrogen (secondary N) is 1. The second-order valence-corrected chi connectivity index (χ2v) is 5.18. The second-order valence-electron chi connectivity index (χ2n) is 5.18. The summed E-state index contributed by atoms with van der Waals surface area (Å²) < 4.78 is 1.92. The zero-order valence-electron chi connectivity index (χ0n) is 11.7. The Balaban J connectivity index is 1.77. The smallest absolute Gasteiger partial charge is 0.164 e. The van der Waals surface area contributed by atoms with E-state index < -0.39 is 0 Å². The van der Waals surface area contributed by atoms with E-state index in [4.69, 9.17) is 0 Å². The van der Waals surface area contributed by atoms with E-state index in [9.17, 15) is 0 Å². The molecule has 0 atom stereocenters. The maximum atomic E-state index is 4.47. The van der Waals surface area contributed by atoms with Gasteiger partial charge in [-0.3, -0.25) is 4.68 Å². The van der Waals surface area contributed by atoms with E-state index in [1.54, 1.807) is 0 Å². The Kier molecular flexibility index (Phi) is 5.10. The van der Waals surface area contributed by atoms with Crippen LogP contribution in [0.5, 0.6) is 0 Å². The van der Waals surface area contributed by atoms with E-state index in [0.29, 0.717) is 5.92 Å². The highest BCUT2D eigenvalue weighted by molar-refractivity contribution is 5.14. The molecule has 102 valence electrons. The highest BCUT2D eigenvalue weighted by atomic mass is 15.3. The van der Waals surface area contributed by atoms with Crippen LogP contribution in [-0.2, 0) is 19.5 Å². The first-order chi connectivity index (χ1) is 9.24. The van der Waals surface area contributed by atoms with Crippen molar-refractivity contribution in [1.29, 1.82) is 0 Å². The van der Waals surface area contributed by atoms with Crippen LogP contribution in [0.25, 0.3) is 0 Å². The molecule has 1 aromatic carbocycles. The topological polar surface area (TPSA) is 42.7 Å². The SMILES string of the molecule is CC(C)CNCc1ncn(CCc2ccccc2)n1. The predicted molar refractivity (Wildman–Crippen MR) is 76.7 cm³/mol. The van der Waals surface area contributed by atoms with Crippen LogP contribution in [-0.4, -0.2) is 21.3 Å². The lowest BCUT2D eigenvalue weighted by Crippen LogP contribution is -2.19. The lowest BCUT2D eigenvalue weighted by atomic mass is 10.2. The summed E-state index contributed by atoms with van der Waals surface area (Å²) in [5.74, 6) is 1.52. The highest BCUT2D eigenvalue weighted by Gasteiger charge is 2.01. The lowest BCUT2D eigenvalue weighted by molar-refractivity contribution is 0.536. The Labute approximate surface area is 114 Å². The maximum Gasteiger partial charge on any atom is 0.164 e. The van der Waals surface area contributed by atoms with E-state index in [1.807, 2.05) is 17.1 Å². The maximum absolute atomic E-state index is 4.47. The van der Waals surface area contributed by atoms with Gasteiger partial charge in [-0.05, 0) is 24.4 Å². The predicted octanol–water partition coefficient (Wildman–Crippen LogP) is 2.27. The van der Waals surface area contributed by atoms with Crippen molar-refractivity contribution in [2.24, 2.45) is 5.92 Å². The van der Waals surface area contributed by atoms with Crippen LogP contribution in [0.15, 0.2) is 36.7 Å². The van der Waals surface area contributed by atoms with E-state index in [-0.39, 0.29) is 0 Å². The molecule has 0 fully saturated rings. The lowest BCUT2D eigenvalue weighted by Gasteiger charge is -2.04. The van der Waals surface area contributed by atoms with E-state index in [0.717, 1.165) is 31.9 Å². The minimum absolute atomic E-state index is 0.653. The number of aryl methyl sites for hydroxylation is 2. The van der Waals surface area contributed by atoms with E-state index in [2.05, 4.69) is 53.5 Å². The molecule has 2 aromatic rings. The van der Waals surface area contributed by atoms with Gasteiger partial charge in [0, 0.05) is 6.54 Å². The number of hydrogen-bond acceptors (Lipinski definition) is 3. The molecule has 2 rings (SSSR count). The molecule has 4 heteroatoms. The normalized spacial score (nSPS) is 11.1. The number of aromatic nitrogens is 3. The molecule has 0 aliphatic rings. The summed E-state index contributed by atoms with van der Waals surface area (Å²) >= 11 is 0. The summed E-state index contributed by atoms with van der Waals surface area (Å²) in [6.45, 7) is 7.01. The van der Waals surface area contributed by atoms with Crippen LogP contribution in [0.3, 0.4) is 0 Å². The van der Waals surface area contributed by atoms with Gasteiger partial charge >= 0.3 is 0 Å². The average molecular weight is 258 g/mol. The van der Waals surface area contributed by atoms with Crippen LogP contribution >= 0.6 is 0 Å². The van der Waals surface area contributed by atoms with Crippen molar-refractivity contribution >= 4 is 0 Å². The number of hydrogen-bond donors (Lipinski definition) is 1. The summed E-state index contributed by atoms with van der Waals surface area (Å²) in [5, 5.41) is 7.82. The molecule has 4 nitrogen and oxygen atoms in total. The van der Waals surface area contributed by atoms with Crippen LogP contribution in [0.4, 0.5) is 0 Å². The van der Waals surface area contributed by atoms with E-state index in [1.165, 1.54) is 5.56 Å². The quantitative estimate of drug-likeness (QED) is 0.828. The van der Waals surface area contributed by atoms with Crippen molar-refractivity contribution in [1.82, 2.24) is 20.1 Å². The van der Waals surface area contributed by atoms with Crippen LogP contribution < -0.4 is 5.32 Å². The van der Waals surface area contributed by atoms with Crippen LogP contribution in [0.2, 0.25) is 0 Å². The zero-order chi connectivity index (χ0) is 13.5. The van der Waals surface area contributed by atoms with Crippen molar-refractivity contribution < 1.29 is 0 Å². The van der Waals surface area contributed by atoms with Gasteiger partial charge in [-0.15, -0.1) is 0 Å². The van der Waals surface area contributed by atoms with Gasteiger partial charge in [0.15, 0.2) is 5.82 Å². The fourth-order valence-corrected chi connectivity index (χ4v) is 1.88. The average Bonchev–Trinajstić information content (AvgIpc) is 2.85. The van der Waals surface area contributed by atoms with Gasteiger partial charge in [0.1, 0.15) is 6.33 Å². The van der Waals surface area contributed by atoms with Crippen molar-refractivity contribution in [3.05, 3.63) is 48.0 Å². The van der Waals surface area contributed by atoms with Gasteiger partial charge in [-0.2, -0.15) is 5.10 Å².